The van der Waals surface area contributed by atoms with Crippen LogP contribution in [0.2, 0.25) is 0 Å². The average Bonchev–Trinajstić information content (AvgIpc) is 2.34. The van der Waals surface area contributed by atoms with E-state index in [2.05, 4.69) is 4.98 Å². The van der Waals surface area contributed by atoms with E-state index in [0.717, 1.165) is 4.34 Å². The molecule has 0 atom stereocenters. The zero-order valence-electron chi connectivity index (χ0n) is 5.20. The van der Waals surface area contributed by atoms with Gasteiger partial charge in [0, 0.05) is 5.38 Å². The summed E-state index contributed by atoms with van der Waals surface area (Å²) in [4.78, 5) is 14.1. The van der Waals surface area contributed by atoms with Gasteiger partial charge in [0.1, 0.15) is 0 Å². The Kier molecular flexibility index (Phi) is 2.29. The number of aromatic nitrogens is 1. The van der Waals surface area contributed by atoms with Crippen LogP contribution in [-0.2, 0) is 0 Å². The fraction of sp³-hybridized carbons (Fsp3) is 0.200. The first kappa shape index (κ1) is 7.56. The van der Waals surface area contributed by atoms with Crippen LogP contribution in [0.5, 0.6) is 0 Å². The van der Waals surface area contributed by atoms with Gasteiger partial charge in [0.15, 0.2) is 10.0 Å². The van der Waals surface area contributed by atoms with Crippen LogP contribution in [0.1, 0.15) is 10.5 Å². The molecule has 0 amide bonds. The van der Waals surface area contributed by atoms with Crippen molar-refractivity contribution in [2.45, 2.75) is 4.34 Å². The molecule has 0 unspecified atom stereocenters. The highest BCUT2D eigenvalue weighted by Gasteiger charge is 2.06. The van der Waals surface area contributed by atoms with E-state index in [9.17, 15) is 4.79 Å². The summed E-state index contributed by atoms with van der Waals surface area (Å²) in [5, 5.41) is 9.96. The maximum Gasteiger partial charge on any atom is 0.355 e. The van der Waals surface area contributed by atoms with Crippen molar-refractivity contribution >= 4 is 29.1 Å². The molecule has 1 heterocycles. The van der Waals surface area contributed by atoms with E-state index in [1.807, 2.05) is 6.26 Å². The van der Waals surface area contributed by atoms with Crippen molar-refractivity contribution in [2.75, 3.05) is 6.26 Å². The van der Waals surface area contributed by atoms with E-state index in [-0.39, 0.29) is 5.69 Å². The topological polar surface area (TPSA) is 50.2 Å². The predicted molar refractivity (Wildman–Crippen MR) is 40.9 cm³/mol. The molecule has 0 aliphatic heterocycles. The third-order valence-corrected chi connectivity index (χ3v) is 2.74. The maximum absolute atomic E-state index is 10.3. The summed E-state index contributed by atoms with van der Waals surface area (Å²) in [6, 6.07) is 0. The number of thiazole rings is 1. The first-order valence-corrected chi connectivity index (χ1v) is 4.57. The monoisotopic (exact) mass is 175 g/mol. The Morgan fingerprint density at radius 2 is 2.60 bits per heavy atom. The fourth-order valence-corrected chi connectivity index (χ4v) is 1.69. The minimum atomic E-state index is -0.962. The van der Waals surface area contributed by atoms with Crippen molar-refractivity contribution in [1.82, 2.24) is 4.98 Å². The summed E-state index contributed by atoms with van der Waals surface area (Å²) in [6.45, 7) is 0. The van der Waals surface area contributed by atoms with Crippen molar-refractivity contribution in [1.29, 1.82) is 0 Å². The summed E-state index contributed by atoms with van der Waals surface area (Å²) >= 11 is 2.80. The van der Waals surface area contributed by atoms with Crippen LogP contribution in [0.25, 0.3) is 0 Å². The number of hydrogen-bond acceptors (Lipinski definition) is 4. The molecule has 1 aromatic heterocycles. The van der Waals surface area contributed by atoms with Gasteiger partial charge in [-0.2, -0.15) is 0 Å². The number of hydrogen-bond donors (Lipinski definition) is 1. The second-order valence-corrected chi connectivity index (χ2v) is 3.42. The Hall–Kier alpha value is -0.550. The number of thioether (sulfide) groups is 1. The molecule has 0 aromatic carbocycles. The smallest absolute Gasteiger partial charge is 0.355 e. The second kappa shape index (κ2) is 3.03. The van der Waals surface area contributed by atoms with Gasteiger partial charge in [-0.25, -0.2) is 9.78 Å². The van der Waals surface area contributed by atoms with Gasteiger partial charge in [-0.05, 0) is 6.26 Å². The lowest BCUT2D eigenvalue weighted by Gasteiger charge is -1.82. The highest BCUT2D eigenvalue weighted by Crippen LogP contribution is 2.19. The highest BCUT2D eigenvalue weighted by molar-refractivity contribution is 8.00. The number of carbonyl (C=O) groups is 1. The fourth-order valence-electron chi connectivity index (χ4n) is 0.449. The Morgan fingerprint density at radius 1 is 1.90 bits per heavy atom. The number of rotatable bonds is 2. The first-order valence-electron chi connectivity index (χ1n) is 2.47. The van der Waals surface area contributed by atoms with Crippen LogP contribution in [-0.4, -0.2) is 22.3 Å². The summed E-state index contributed by atoms with van der Waals surface area (Å²) < 4.78 is 0.789. The second-order valence-electron chi connectivity index (χ2n) is 1.51. The van der Waals surface area contributed by atoms with Crippen LogP contribution in [0.15, 0.2) is 9.72 Å². The molecular formula is C5H5NO2S2. The van der Waals surface area contributed by atoms with Crippen LogP contribution < -0.4 is 0 Å². The van der Waals surface area contributed by atoms with Crippen molar-refractivity contribution in [3.8, 4) is 0 Å². The van der Waals surface area contributed by atoms with Gasteiger partial charge in [-0.1, -0.05) is 11.8 Å². The summed E-state index contributed by atoms with van der Waals surface area (Å²) in [6.07, 6.45) is 1.87. The van der Waals surface area contributed by atoms with Crippen LogP contribution in [0.3, 0.4) is 0 Å². The van der Waals surface area contributed by atoms with Crippen molar-refractivity contribution in [2.24, 2.45) is 0 Å². The Balaban J connectivity index is 2.88. The van der Waals surface area contributed by atoms with Crippen LogP contribution in [0, 0.1) is 0 Å². The average molecular weight is 175 g/mol. The number of aromatic carboxylic acids is 1. The Morgan fingerprint density at radius 3 is 2.90 bits per heavy atom. The number of carboxylic acid groups (broad SMARTS) is 1. The molecule has 0 bridgehead atoms. The zero-order valence-corrected chi connectivity index (χ0v) is 6.83. The van der Waals surface area contributed by atoms with Crippen LogP contribution in [0.4, 0.5) is 0 Å². The lowest BCUT2D eigenvalue weighted by Crippen LogP contribution is -1.95. The molecule has 0 aliphatic carbocycles. The van der Waals surface area contributed by atoms with E-state index in [4.69, 9.17) is 5.11 Å². The minimum absolute atomic E-state index is 0.134. The maximum atomic E-state index is 10.3. The molecule has 1 aromatic rings. The van der Waals surface area contributed by atoms with E-state index in [0.29, 0.717) is 0 Å². The molecule has 1 rings (SSSR count). The zero-order chi connectivity index (χ0) is 7.56. The molecule has 0 radical (unpaired) electrons. The number of nitrogens with zero attached hydrogens (tertiary/aromatic N) is 1. The predicted octanol–water partition coefficient (Wildman–Crippen LogP) is 1.56. The molecule has 0 aliphatic rings. The molecule has 54 valence electrons. The molecule has 0 saturated carbocycles. The SMILES string of the molecule is CSc1nc(C(=O)O)cs1. The van der Waals surface area contributed by atoms with Gasteiger partial charge in [0.2, 0.25) is 0 Å². The van der Waals surface area contributed by atoms with E-state index in [1.165, 1.54) is 28.5 Å². The van der Waals surface area contributed by atoms with Crippen molar-refractivity contribution in [3.05, 3.63) is 11.1 Å². The number of carboxylic acids is 1. The molecule has 3 nitrogen and oxygen atoms in total. The van der Waals surface area contributed by atoms with Gasteiger partial charge in [0.25, 0.3) is 0 Å². The van der Waals surface area contributed by atoms with Crippen molar-refractivity contribution in [3.63, 3.8) is 0 Å². The van der Waals surface area contributed by atoms with Gasteiger partial charge in [-0.3, -0.25) is 0 Å². The van der Waals surface area contributed by atoms with Gasteiger partial charge in [-0.15, -0.1) is 11.3 Å². The molecular weight excluding hydrogens is 170 g/mol. The van der Waals surface area contributed by atoms with Gasteiger partial charge in [0.05, 0.1) is 0 Å². The van der Waals surface area contributed by atoms with Gasteiger partial charge < -0.3 is 5.11 Å². The van der Waals surface area contributed by atoms with Crippen LogP contribution >= 0.6 is 23.1 Å². The standard InChI is InChI=1S/C5H5NO2S2/c1-9-5-6-3(2-10-5)4(7)8/h2H,1H3,(H,7,8). The molecule has 0 fully saturated rings. The van der Waals surface area contributed by atoms with Gasteiger partial charge >= 0.3 is 5.97 Å². The Labute approximate surface area is 66.1 Å². The van der Waals surface area contributed by atoms with E-state index in [1.54, 1.807) is 0 Å². The molecule has 10 heavy (non-hydrogen) atoms. The molecule has 1 N–H and O–H groups in total. The molecule has 5 heteroatoms. The Bertz CT molecular complexity index is 246. The summed E-state index contributed by atoms with van der Waals surface area (Å²) in [5.74, 6) is -0.962. The highest BCUT2D eigenvalue weighted by atomic mass is 32.2. The molecule has 0 saturated heterocycles. The minimum Gasteiger partial charge on any atom is -0.476 e. The quantitative estimate of drug-likeness (QED) is 0.693. The first-order chi connectivity index (χ1) is 4.74. The van der Waals surface area contributed by atoms with E-state index < -0.39 is 5.97 Å². The third-order valence-electron chi connectivity index (χ3n) is 0.877. The molecule has 0 spiro atoms. The summed E-state index contributed by atoms with van der Waals surface area (Å²) in [7, 11) is 0. The third kappa shape index (κ3) is 1.48. The summed E-state index contributed by atoms with van der Waals surface area (Å²) in [5.41, 5.74) is 0.134. The lowest BCUT2D eigenvalue weighted by molar-refractivity contribution is 0.0691. The van der Waals surface area contributed by atoms with Crippen molar-refractivity contribution < 1.29 is 9.90 Å². The normalized spacial score (nSPS) is 9.70. The van der Waals surface area contributed by atoms with E-state index >= 15 is 0 Å². The lowest BCUT2D eigenvalue weighted by atomic mass is 10.5. The largest absolute Gasteiger partial charge is 0.476 e.